The highest BCUT2D eigenvalue weighted by molar-refractivity contribution is 8.04. The largest absolute Gasteiger partial charge is 0.469 e. The minimum Gasteiger partial charge on any atom is -0.469 e. The van der Waals surface area contributed by atoms with Crippen LogP contribution in [-0.2, 0) is 25.3 Å². The molecule has 0 radical (unpaired) electrons. The lowest BCUT2D eigenvalue weighted by Gasteiger charge is -2.32. The number of hydrogen-bond donors (Lipinski definition) is 2. The van der Waals surface area contributed by atoms with Crippen molar-refractivity contribution in [2.45, 2.75) is 30.7 Å². The summed E-state index contributed by atoms with van der Waals surface area (Å²) in [6.07, 6.45) is -4.90. The van der Waals surface area contributed by atoms with Gasteiger partial charge in [-0.05, 0) is 36.8 Å². The number of rotatable bonds is 5. The van der Waals surface area contributed by atoms with E-state index in [0.717, 1.165) is 34.4 Å². The third kappa shape index (κ3) is 4.97. The second-order valence-corrected chi connectivity index (χ2v) is 9.75. The number of aryl methyl sites for hydroxylation is 1. The van der Waals surface area contributed by atoms with E-state index in [2.05, 4.69) is 10.1 Å². The number of esters is 1. The number of alkyl halides is 3. The molecule has 2 unspecified atom stereocenters. The van der Waals surface area contributed by atoms with Crippen LogP contribution in [0, 0.1) is 18.3 Å². The molecule has 2 amide bonds. The molecule has 8 nitrogen and oxygen atoms in total. The molecule has 0 saturated carbocycles. The van der Waals surface area contributed by atoms with Crippen LogP contribution in [0.4, 0.5) is 18.9 Å². The molecule has 2 aliphatic rings. The number of nitriles is 1. The zero-order valence-electron chi connectivity index (χ0n) is 20.1. The van der Waals surface area contributed by atoms with Crippen molar-refractivity contribution in [2.24, 2.45) is 5.73 Å². The Kier molecular flexibility index (Phi) is 7.24. The zero-order valence-corrected chi connectivity index (χ0v) is 20.9. The lowest BCUT2D eigenvalue weighted by Crippen LogP contribution is -2.39. The van der Waals surface area contributed by atoms with Crippen LogP contribution in [0.15, 0.2) is 70.5 Å². The first-order chi connectivity index (χ1) is 18.0. The number of anilines is 1. The first-order valence-corrected chi connectivity index (χ1v) is 12.1. The van der Waals surface area contributed by atoms with Crippen molar-refractivity contribution in [3.8, 4) is 6.07 Å². The Hall–Kier alpha value is -4.24. The molecule has 3 N–H and O–H groups in total. The van der Waals surface area contributed by atoms with Gasteiger partial charge in [0.1, 0.15) is 11.1 Å². The normalized spacial score (nSPS) is 19.3. The summed E-state index contributed by atoms with van der Waals surface area (Å²) >= 11 is 0.909. The Balaban J connectivity index is 1.87. The summed E-state index contributed by atoms with van der Waals surface area (Å²) in [6.45, 7) is 1.87. The average Bonchev–Trinajstić information content (AvgIpc) is 3.20. The van der Waals surface area contributed by atoms with Gasteiger partial charge in [-0.2, -0.15) is 18.4 Å². The molecule has 0 bridgehead atoms. The molecule has 0 aliphatic carbocycles. The topological polar surface area (TPSA) is 126 Å². The molecular formula is C26H21F3N4O4S. The molecule has 4 rings (SSSR count). The maximum absolute atomic E-state index is 13.7. The number of thioether (sulfide) groups is 1. The van der Waals surface area contributed by atoms with E-state index in [4.69, 9.17) is 5.73 Å². The Morgan fingerprint density at radius 1 is 1.16 bits per heavy atom. The number of benzene rings is 2. The van der Waals surface area contributed by atoms with E-state index >= 15 is 0 Å². The summed E-state index contributed by atoms with van der Waals surface area (Å²) < 4.78 is 44.3. The maximum Gasteiger partial charge on any atom is 0.416 e. The average molecular weight is 543 g/mol. The van der Waals surface area contributed by atoms with Gasteiger partial charge in [-0.3, -0.25) is 19.3 Å². The van der Waals surface area contributed by atoms with Crippen molar-refractivity contribution in [3.05, 3.63) is 87.2 Å². The van der Waals surface area contributed by atoms with Crippen LogP contribution in [0.1, 0.15) is 29.0 Å². The third-order valence-corrected chi connectivity index (χ3v) is 7.38. The number of ether oxygens (including phenoxy) is 1. The van der Waals surface area contributed by atoms with Gasteiger partial charge in [-0.15, -0.1) is 0 Å². The van der Waals surface area contributed by atoms with E-state index in [1.54, 1.807) is 24.3 Å². The second-order valence-electron chi connectivity index (χ2n) is 8.56. The van der Waals surface area contributed by atoms with Gasteiger partial charge in [0.05, 0.1) is 47.3 Å². The second kappa shape index (κ2) is 10.3. The summed E-state index contributed by atoms with van der Waals surface area (Å²) in [5.74, 6) is -3.39. The van der Waals surface area contributed by atoms with Gasteiger partial charge in [0, 0.05) is 5.69 Å². The highest BCUT2D eigenvalue weighted by Gasteiger charge is 2.48. The molecule has 2 atom stereocenters. The van der Waals surface area contributed by atoms with Crippen LogP contribution in [0.5, 0.6) is 0 Å². The van der Waals surface area contributed by atoms with Crippen LogP contribution in [-0.4, -0.2) is 35.0 Å². The lowest BCUT2D eigenvalue weighted by molar-refractivity contribution is -0.142. The predicted molar refractivity (Wildman–Crippen MR) is 133 cm³/mol. The Bertz CT molecular complexity index is 1410. The standard InChI is InChI=1S/C26H21F3N4O4S/c1-13-3-9-16(10-4-13)32-23(35)21-20(14-5-7-15(8-6-14)26(27,28)29)17(12-30)22(31)33-24(36)18(38-25(21)33)11-19(34)37-2/h3-10,18,20H,11,31H2,1-2H3,(H,32,35). The van der Waals surface area contributed by atoms with Crippen molar-refractivity contribution in [1.29, 1.82) is 5.26 Å². The molecule has 1 saturated heterocycles. The molecule has 1 fully saturated rings. The molecule has 2 heterocycles. The molecule has 2 aliphatic heterocycles. The lowest BCUT2D eigenvalue weighted by atomic mass is 9.82. The summed E-state index contributed by atoms with van der Waals surface area (Å²) in [7, 11) is 1.17. The fourth-order valence-electron chi connectivity index (χ4n) is 4.18. The maximum atomic E-state index is 13.7. The highest BCUT2D eigenvalue weighted by Crippen LogP contribution is 2.50. The van der Waals surface area contributed by atoms with Gasteiger partial charge in [0.15, 0.2) is 0 Å². The Labute approximate surface area is 219 Å². The predicted octanol–water partition coefficient (Wildman–Crippen LogP) is 4.16. The fraction of sp³-hybridized carbons (Fsp3) is 0.231. The van der Waals surface area contributed by atoms with Gasteiger partial charge in [0.25, 0.3) is 5.91 Å². The number of methoxy groups -OCH3 is 1. The van der Waals surface area contributed by atoms with Crippen molar-refractivity contribution in [2.75, 3.05) is 12.4 Å². The first-order valence-electron chi connectivity index (χ1n) is 11.2. The number of allylic oxidation sites excluding steroid dienone is 1. The van der Waals surface area contributed by atoms with Gasteiger partial charge in [-0.25, -0.2) is 0 Å². The molecule has 196 valence electrons. The first kappa shape index (κ1) is 26.8. The summed E-state index contributed by atoms with van der Waals surface area (Å²) in [5, 5.41) is 11.9. The minimum atomic E-state index is -4.59. The fourth-order valence-corrected chi connectivity index (χ4v) is 5.50. The van der Waals surface area contributed by atoms with Gasteiger partial charge in [-0.1, -0.05) is 41.6 Å². The smallest absolute Gasteiger partial charge is 0.416 e. The monoisotopic (exact) mass is 542 g/mol. The number of nitrogens with zero attached hydrogens (tertiary/aromatic N) is 2. The van der Waals surface area contributed by atoms with Gasteiger partial charge >= 0.3 is 12.1 Å². The Morgan fingerprint density at radius 2 is 1.79 bits per heavy atom. The van der Waals surface area contributed by atoms with Crippen LogP contribution in [0.3, 0.4) is 0 Å². The van der Waals surface area contributed by atoms with Crippen LogP contribution in [0.25, 0.3) is 0 Å². The highest BCUT2D eigenvalue weighted by atomic mass is 32.2. The molecule has 2 aromatic rings. The molecule has 38 heavy (non-hydrogen) atoms. The van der Waals surface area contributed by atoms with Crippen molar-refractivity contribution < 1.29 is 32.3 Å². The number of amides is 2. The summed E-state index contributed by atoms with van der Waals surface area (Å²) in [5.41, 5.74) is 6.66. The number of fused-ring (bicyclic) bond motifs is 1. The van der Waals surface area contributed by atoms with Gasteiger partial charge in [0.2, 0.25) is 5.91 Å². The van der Waals surface area contributed by atoms with E-state index < -0.39 is 40.7 Å². The quantitative estimate of drug-likeness (QED) is 0.544. The van der Waals surface area contributed by atoms with Crippen LogP contribution >= 0.6 is 11.8 Å². The van der Waals surface area contributed by atoms with E-state index in [9.17, 15) is 32.8 Å². The molecule has 12 heteroatoms. The number of nitrogens with one attached hydrogen (secondary N) is 1. The van der Waals surface area contributed by atoms with Crippen molar-refractivity contribution in [3.63, 3.8) is 0 Å². The van der Waals surface area contributed by atoms with E-state index in [0.29, 0.717) is 5.69 Å². The SMILES string of the molecule is COC(=O)CC1SC2=C(C(=O)Nc3ccc(C)cc3)C(c3ccc(C(F)(F)F)cc3)C(C#N)=C(N)N2C1=O. The summed E-state index contributed by atoms with van der Waals surface area (Å²) in [4.78, 5) is 39.8. The number of halogens is 3. The van der Waals surface area contributed by atoms with E-state index in [1.807, 2.05) is 13.0 Å². The molecule has 2 aromatic carbocycles. The van der Waals surface area contributed by atoms with Crippen LogP contribution in [0.2, 0.25) is 0 Å². The van der Waals surface area contributed by atoms with Crippen molar-refractivity contribution in [1.82, 2.24) is 4.90 Å². The number of nitrogens with two attached hydrogens (primary N) is 1. The molecule has 0 aromatic heterocycles. The Morgan fingerprint density at radius 3 is 2.34 bits per heavy atom. The molecule has 0 spiro atoms. The molecular weight excluding hydrogens is 521 g/mol. The third-order valence-electron chi connectivity index (χ3n) is 6.10. The van der Waals surface area contributed by atoms with Crippen LogP contribution < -0.4 is 11.1 Å². The number of carbonyl (C=O) groups is 3. The number of carbonyl (C=O) groups excluding carboxylic acids is 3. The van der Waals surface area contributed by atoms with E-state index in [-0.39, 0.29) is 34.0 Å². The van der Waals surface area contributed by atoms with E-state index in [1.165, 1.54) is 19.2 Å². The summed E-state index contributed by atoms with van der Waals surface area (Å²) in [6, 6.07) is 12.8. The zero-order chi connectivity index (χ0) is 27.8. The number of hydrogen-bond acceptors (Lipinski definition) is 7. The minimum absolute atomic E-state index is 0.0539. The van der Waals surface area contributed by atoms with Gasteiger partial charge < -0.3 is 15.8 Å². The van der Waals surface area contributed by atoms with Crippen molar-refractivity contribution >= 4 is 35.2 Å².